The monoisotopic (exact) mass is 236 g/mol. The number of amides is 1. The third-order valence-electron chi connectivity index (χ3n) is 2.21. The normalized spacial score (nSPS) is 11.3. The van der Waals surface area contributed by atoms with Crippen molar-refractivity contribution >= 4 is 11.6 Å². The summed E-state index contributed by atoms with van der Waals surface area (Å²) in [5, 5.41) is 15.7. The maximum atomic E-state index is 10.9. The van der Waals surface area contributed by atoms with E-state index in [1.165, 1.54) is 6.92 Å². The zero-order valence-electron chi connectivity index (χ0n) is 10.8. The van der Waals surface area contributed by atoms with Crippen LogP contribution in [-0.2, 0) is 11.3 Å². The average molecular weight is 236 g/mol. The number of aromatic hydroxyl groups is 1. The number of hydrogen-bond acceptors (Lipinski definition) is 3. The van der Waals surface area contributed by atoms with E-state index in [-0.39, 0.29) is 17.2 Å². The second-order valence-corrected chi connectivity index (χ2v) is 5.13. The molecule has 3 N–H and O–H groups in total. The van der Waals surface area contributed by atoms with Crippen LogP contribution in [0.15, 0.2) is 18.2 Å². The summed E-state index contributed by atoms with van der Waals surface area (Å²) in [5.74, 6) is 0.0398. The molecule has 4 nitrogen and oxygen atoms in total. The molecule has 0 spiro atoms. The van der Waals surface area contributed by atoms with Gasteiger partial charge in [0.25, 0.3) is 0 Å². The van der Waals surface area contributed by atoms with E-state index in [0.717, 1.165) is 5.56 Å². The molecule has 1 rings (SSSR count). The molecule has 1 aromatic carbocycles. The van der Waals surface area contributed by atoms with Gasteiger partial charge in [-0.2, -0.15) is 0 Å². The molecule has 0 aliphatic heterocycles. The molecule has 17 heavy (non-hydrogen) atoms. The van der Waals surface area contributed by atoms with Gasteiger partial charge in [-0.15, -0.1) is 0 Å². The van der Waals surface area contributed by atoms with E-state index in [0.29, 0.717) is 12.2 Å². The minimum absolute atomic E-state index is 0.00272. The van der Waals surface area contributed by atoms with E-state index in [1.54, 1.807) is 18.2 Å². The quantitative estimate of drug-likeness (QED) is 0.754. The number of nitrogens with one attached hydrogen (secondary N) is 2. The van der Waals surface area contributed by atoms with Gasteiger partial charge in [0.15, 0.2) is 0 Å². The van der Waals surface area contributed by atoms with Gasteiger partial charge in [0.2, 0.25) is 5.91 Å². The summed E-state index contributed by atoms with van der Waals surface area (Å²) >= 11 is 0. The van der Waals surface area contributed by atoms with Gasteiger partial charge in [0.1, 0.15) is 5.75 Å². The summed E-state index contributed by atoms with van der Waals surface area (Å²) in [6.07, 6.45) is 0. The molecule has 1 aromatic rings. The van der Waals surface area contributed by atoms with E-state index < -0.39 is 0 Å². The summed E-state index contributed by atoms with van der Waals surface area (Å²) in [6, 6.07) is 5.14. The molecule has 0 aliphatic carbocycles. The van der Waals surface area contributed by atoms with Crippen LogP contribution in [0.25, 0.3) is 0 Å². The van der Waals surface area contributed by atoms with Gasteiger partial charge < -0.3 is 15.7 Å². The molecule has 4 heteroatoms. The Morgan fingerprint density at radius 3 is 2.47 bits per heavy atom. The molecular formula is C13H20N2O2. The van der Waals surface area contributed by atoms with E-state index in [2.05, 4.69) is 31.4 Å². The lowest BCUT2D eigenvalue weighted by Crippen LogP contribution is -2.35. The number of phenols is 1. The molecule has 0 atom stereocenters. The molecule has 0 fully saturated rings. The van der Waals surface area contributed by atoms with Crippen LogP contribution in [0.5, 0.6) is 5.75 Å². The number of anilines is 1. The van der Waals surface area contributed by atoms with Crippen LogP contribution >= 0.6 is 0 Å². The summed E-state index contributed by atoms with van der Waals surface area (Å²) in [6.45, 7) is 8.23. The lowest BCUT2D eigenvalue weighted by Gasteiger charge is -2.21. The first-order valence-electron chi connectivity index (χ1n) is 5.62. The van der Waals surface area contributed by atoms with Crippen LogP contribution in [0.4, 0.5) is 5.69 Å². The molecule has 94 valence electrons. The van der Waals surface area contributed by atoms with E-state index in [9.17, 15) is 9.90 Å². The standard InChI is InChI=1S/C13H20N2O2/c1-9(16)15-11-6-5-10(12(17)7-11)8-14-13(2,3)4/h5-7,14,17H,8H2,1-4H3,(H,15,16). The van der Waals surface area contributed by atoms with E-state index >= 15 is 0 Å². The summed E-state index contributed by atoms with van der Waals surface area (Å²) < 4.78 is 0. The highest BCUT2D eigenvalue weighted by Crippen LogP contribution is 2.22. The number of carbonyl (C=O) groups excluding carboxylic acids is 1. The minimum atomic E-state index is -0.148. The van der Waals surface area contributed by atoms with Crippen LogP contribution in [0.1, 0.15) is 33.3 Å². The Kier molecular flexibility index (Phi) is 4.12. The molecule has 0 unspecified atom stereocenters. The topological polar surface area (TPSA) is 61.4 Å². The van der Waals surface area contributed by atoms with Crippen molar-refractivity contribution in [3.63, 3.8) is 0 Å². The molecule has 0 saturated carbocycles. The Morgan fingerprint density at radius 1 is 1.35 bits per heavy atom. The van der Waals surface area contributed by atoms with Gasteiger partial charge >= 0.3 is 0 Å². The van der Waals surface area contributed by atoms with Gasteiger partial charge in [0, 0.05) is 36.3 Å². The highest BCUT2D eigenvalue weighted by molar-refractivity contribution is 5.88. The van der Waals surface area contributed by atoms with Crippen LogP contribution in [-0.4, -0.2) is 16.6 Å². The zero-order chi connectivity index (χ0) is 13.1. The number of rotatable bonds is 3. The maximum absolute atomic E-state index is 10.9. The molecule has 0 aromatic heterocycles. The number of phenolic OH excluding ortho intramolecular Hbond substituents is 1. The average Bonchev–Trinajstić information content (AvgIpc) is 2.13. The number of hydrogen-bond donors (Lipinski definition) is 3. The predicted molar refractivity (Wildman–Crippen MR) is 69.0 cm³/mol. The first-order chi connectivity index (χ1) is 7.78. The zero-order valence-corrected chi connectivity index (χ0v) is 10.8. The third kappa shape index (κ3) is 4.87. The lowest BCUT2D eigenvalue weighted by molar-refractivity contribution is -0.114. The molecule has 0 heterocycles. The highest BCUT2D eigenvalue weighted by atomic mass is 16.3. The second-order valence-electron chi connectivity index (χ2n) is 5.13. The van der Waals surface area contributed by atoms with E-state index in [1.807, 2.05) is 0 Å². The number of benzene rings is 1. The van der Waals surface area contributed by atoms with Crippen molar-refractivity contribution in [2.45, 2.75) is 39.8 Å². The van der Waals surface area contributed by atoms with Crippen LogP contribution in [0.3, 0.4) is 0 Å². The Balaban J connectivity index is 2.73. The van der Waals surface area contributed by atoms with Gasteiger partial charge in [-0.3, -0.25) is 4.79 Å². The fourth-order valence-electron chi connectivity index (χ4n) is 1.35. The van der Waals surface area contributed by atoms with Gasteiger partial charge in [0.05, 0.1) is 0 Å². The van der Waals surface area contributed by atoms with Crippen molar-refractivity contribution in [1.82, 2.24) is 5.32 Å². The molecule has 1 amide bonds. The van der Waals surface area contributed by atoms with Crippen molar-refractivity contribution in [2.24, 2.45) is 0 Å². The van der Waals surface area contributed by atoms with Gasteiger partial charge in [-0.05, 0) is 26.8 Å². The van der Waals surface area contributed by atoms with Crippen molar-refractivity contribution in [3.8, 4) is 5.75 Å². The van der Waals surface area contributed by atoms with Crippen LogP contribution in [0, 0.1) is 0 Å². The lowest BCUT2D eigenvalue weighted by atomic mass is 10.1. The first kappa shape index (κ1) is 13.5. The van der Waals surface area contributed by atoms with Crippen molar-refractivity contribution in [1.29, 1.82) is 0 Å². The Bertz CT molecular complexity index is 408. The fourth-order valence-corrected chi connectivity index (χ4v) is 1.35. The van der Waals surface area contributed by atoms with Crippen molar-refractivity contribution in [2.75, 3.05) is 5.32 Å². The highest BCUT2D eigenvalue weighted by Gasteiger charge is 2.10. The van der Waals surface area contributed by atoms with Gasteiger partial charge in [-0.25, -0.2) is 0 Å². The fraction of sp³-hybridized carbons (Fsp3) is 0.462. The van der Waals surface area contributed by atoms with Crippen molar-refractivity contribution < 1.29 is 9.90 Å². The molecular weight excluding hydrogens is 216 g/mol. The smallest absolute Gasteiger partial charge is 0.221 e. The second kappa shape index (κ2) is 5.19. The Morgan fingerprint density at radius 2 is 2.00 bits per heavy atom. The number of carbonyl (C=O) groups is 1. The van der Waals surface area contributed by atoms with Crippen LogP contribution in [0.2, 0.25) is 0 Å². The Labute approximate surface area is 102 Å². The molecule has 0 bridgehead atoms. The molecule has 0 saturated heterocycles. The van der Waals surface area contributed by atoms with Crippen molar-refractivity contribution in [3.05, 3.63) is 23.8 Å². The SMILES string of the molecule is CC(=O)Nc1ccc(CNC(C)(C)C)c(O)c1. The molecule has 0 aliphatic rings. The first-order valence-corrected chi connectivity index (χ1v) is 5.62. The predicted octanol–water partition coefficient (Wildman–Crippen LogP) is 2.24. The summed E-state index contributed by atoms with van der Waals surface area (Å²) in [4.78, 5) is 10.9. The Hall–Kier alpha value is -1.55. The summed E-state index contributed by atoms with van der Waals surface area (Å²) in [5.41, 5.74) is 1.42. The van der Waals surface area contributed by atoms with Crippen LogP contribution < -0.4 is 10.6 Å². The van der Waals surface area contributed by atoms with Gasteiger partial charge in [-0.1, -0.05) is 6.07 Å². The van der Waals surface area contributed by atoms with E-state index in [4.69, 9.17) is 0 Å². The largest absolute Gasteiger partial charge is 0.508 e. The third-order valence-corrected chi connectivity index (χ3v) is 2.21. The summed E-state index contributed by atoms with van der Waals surface area (Å²) in [7, 11) is 0. The maximum Gasteiger partial charge on any atom is 0.221 e. The molecule has 0 radical (unpaired) electrons. The minimum Gasteiger partial charge on any atom is -0.508 e.